The summed E-state index contributed by atoms with van der Waals surface area (Å²) < 4.78 is 24.6. The van der Waals surface area contributed by atoms with Gasteiger partial charge in [0.05, 0.1) is 11.1 Å². The van der Waals surface area contributed by atoms with Crippen molar-refractivity contribution >= 4 is 15.9 Å². The van der Waals surface area contributed by atoms with Gasteiger partial charge in [-0.1, -0.05) is 66.9 Å². The number of aromatic nitrogens is 3. The van der Waals surface area contributed by atoms with Crippen molar-refractivity contribution in [3.8, 4) is 11.3 Å². The molecule has 1 amide bonds. The van der Waals surface area contributed by atoms with Crippen LogP contribution in [0.1, 0.15) is 43.7 Å². The Morgan fingerprint density at radius 3 is 2.41 bits per heavy atom. The van der Waals surface area contributed by atoms with E-state index in [1.807, 2.05) is 30.3 Å². The number of amides is 1. The molecule has 32 heavy (non-hydrogen) atoms. The van der Waals surface area contributed by atoms with Gasteiger partial charge in [0.15, 0.2) is 0 Å². The predicted molar refractivity (Wildman–Crippen MR) is 121 cm³/mol. The van der Waals surface area contributed by atoms with Crippen LogP contribution in [-0.2, 0) is 21.2 Å². The Hall–Kier alpha value is -3.04. The fourth-order valence-electron chi connectivity index (χ4n) is 4.06. The van der Waals surface area contributed by atoms with Crippen molar-refractivity contribution in [2.45, 2.75) is 55.5 Å². The third kappa shape index (κ3) is 5.41. The first-order valence-corrected chi connectivity index (χ1v) is 12.3. The number of hydrogen-bond acceptors (Lipinski definition) is 5. The molecule has 1 saturated carbocycles. The lowest BCUT2D eigenvalue weighted by atomic mass is 9.95. The third-order valence-corrected chi connectivity index (χ3v) is 6.76. The number of nitrogens with one attached hydrogen (secondary N) is 1. The van der Waals surface area contributed by atoms with E-state index in [1.165, 1.54) is 18.6 Å². The Bertz CT molecular complexity index is 1150. The SMILES string of the molecule is NS(=O)(=O)c1ccc(-c2cn([C@@H](Cc3ccccc3)C(=O)NC3CCCCC3)nn2)cc1. The van der Waals surface area contributed by atoms with Crippen LogP contribution in [-0.4, -0.2) is 35.4 Å². The summed E-state index contributed by atoms with van der Waals surface area (Å²) in [6.45, 7) is 0. The molecular formula is C23H27N5O3S. The minimum atomic E-state index is -3.76. The fraction of sp³-hybridized carbons (Fsp3) is 0.348. The van der Waals surface area contributed by atoms with Crippen molar-refractivity contribution in [3.05, 3.63) is 66.4 Å². The van der Waals surface area contributed by atoms with Crippen LogP contribution in [0.15, 0.2) is 65.7 Å². The Kier molecular flexibility index (Phi) is 6.66. The fourth-order valence-corrected chi connectivity index (χ4v) is 4.58. The molecule has 4 rings (SSSR count). The number of primary sulfonamides is 1. The first-order valence-electron chi connectivity index (χ1n) is 10.8. The van der Waals surface area contributed by atoms with Gasteiger partial charge in [-0.05, 0) is 30.5 Å². The molecule has 0 aliphatic heterocycles. The van der Waals surface area contributed by atoms with Gasteiger partial charge < -0.3 is 5.32 Å². The Balaban J connectivity index is 1.58. The standard InChI is InChI=1S/C23H27N5O3S/c24-32(30,31)20-13-11-18(12-14-20)21-16-28(27-26-21)22(15-17-7-3-1-4-8-17)23(29)25-19-9-5-2-6-10-19/h1,3-4,7-8,11-14,16,19,22H,2,5-6,9-10,15H2,(H,25,29)(H2,24,30,31)/t22-/m0/s1. The van der Waals surface area contributed by atoms with Gasteiger partial charge in [-0.2, -0.15) is 0 Å². The van der Waals surface area contributed by atoms with E-state index < -0.39 is 16.1 Å². The molecule has 1 aromatic heterocycles. The maximum atomic E-state index is 13.2. The second-order valence-electron chi connectivity index (χ2n) is 8.20. The first kappa shape index (κ1) is 22.2. The third-order valence-electron chi connectivity index (χ3n) is 5.83. The Morgan fingerprint density at radius 2 is 1.75 bits per heavy atom. The number of nitrogens with zero attached hydrogens (tertiary/aromatic N) is 3. The lowest BCUT2D eigenvalue weighted by Gasteiger charge is -2.25. The van der Waals surface area contributed by atoms with Crippen LogP contribution < -0.4 is 10.5 Å². The normalized spacial score (nSPS) is 15.9. The number of carbonyl (C=O) groups excluding carboxylic acids is 1. The topological polar surface area (TPSA) is 120 Å². The van der Waals surface area contributed by atoms with Crippen LogP contribution in [0, 0.1) is 0 Å². The second-order valence-corrected chi connectivity index (χ2v) is 9.76. The molecule has 8 nitrogen and oxygen atoms in total. The van der Waals surface area contributed by atoms with Crippen LogP contribution in [0.4, 0.5) is 0 Å². The highest BCUT2D eigenvalue weighted by Crippen LogP contribution is 2.23. The van der Waals surface area contributed by atoms with Gasteiger partial charge in [-0.25, -0.2) is 18.2 Å². The van der Waals surface area contributed by atoms with Crippen molar-refractivity contribution < 1.29 is 13.2 Å². The second kappa shape index (κ2) is 9.62. The van der Waals surface area contributed by atoms with E-state index in [4.69, 9.17) is 5.14 Å². The molecule has 1 fully saturated rings. The molecule has 3 N–H and O–H groups in total. The maximum Gasteiger partial charge on any atom is 0.245 e. The highest BCUT2D eigenvalue weighted by Gasteiger charge is 2.26. The summed E-state index contributed by atoms with van der Waals surface area (Å²) in [6.07, 6.45) is 7.71. The minimum Gasteiger partial charge on any atom is -0.352 e. The van der Waals surface area contributed by atoms with Gasteiger partial charge >= 0.3 is 0 Å². The number of hydrogen-bond donors (Lipinski definition) is 2. The molecule has 1 aliphatic rings. The molecule has 2 aromatic carbocycles. The summed E-state index contributed by atoms with van der Waals surface area (Å²) in [6, 6.07) is 15.6. The van der Waals surface area contributed by atoms with E-state index in [2.05, 4.69) is 15.6 Å². The van der Waals surface area contributed by atoms with Crippen molar-refractivity contribution in [1.82, 2.24) is 20.3 Å². The average Bonchev–Trinajstić information content (AvgIpc) is 3.28. The molecule has 3 aromatic rings. The van der Waals surface area contributed by atoms with Crippen LogP contribution in [0.25, 0.3) is 11.3 Å². The number of carbonyl (C=O) groups is 1. The van der Waals surface area contributed by atoms with Gasteiger partial charge in [0.1, 0.15) is 11.7 Å². The zero-order chi connectivity index (χ0) is 22.6. The molecule has 1 aliphatic carbocycles. The summed E-state index contributed by atoms with van der Waals surface area (Å²) in [5.74, 6) is -0.0678. The van der Waals surface area contributed by atoms with Gasteiger partial charge in [0, 0.05) is 18.0 Å². The van der Waals surface area contributed by atoms with E-state index in [-0.39, 0.29) is 16.8 Å². The minimum absolute atomic E-state index is 0.0301. The quantitative estimate of drug-likeness (QED) is 0.570. The summed E-state index contributed by atoms with van der Waals surface area (Å²) >= 11 is 0. The van der Waals surface area contributed by atoms with E-state index in [0.717, 1.165) is 31.2 Å². The van der Waals surface area contributed by atoms with Crippen LogP contribution in [0.2, 0.25) is 0 Å². The predicted octanol–water partition coefficient (Wildman–Crippen LogP) is 2.83. The maximum absolute atomic E-state index is 13.2. The largest absolute Gasteiger partial charge is 0.352 e. The summed E-state index contributed by atoms with van der Waals surface area (Å²) in [5.41, 5.74) is 2.27. The monoisotopic (exact) mass is 453 g/mol. The van der Waals surface area contributed by atoms with E-state index in [0.29, 0.717) is 17.7 Å². The lowest BCUT2D eigenvalue weighted by molar-refractivity contribution is -0.125. The van der Waals surface area contributed by atoms with E-state index in [9.17, 15) is 13.2 Å². The number of sulfonamides is 1. The molecule has 0 saturated heterocycles. The zero-order valence-electron chi connectivity index (χ0n) is 17.7. The molecule has 1 heterocycles. The molecule has 0 unspecified atom stereocenters. The molecular weight excluding hydrogens is 426 g/mol. The van der Waals surface area contributed by atoms with Crippen molar-refractivity contribution in [2.75, 3.05) is 0 Å². The van der Waals surface area contributed by atoms with Crippen molar-refractivity contribution in [2.24, 2.45) is 5.14 Å². The van der Waals surface area contributed by atoms with E-state index >= 15 is 0 Å². The van der Waals surface area contributed by atoms with Crippen LogP contribution in [0.5, 0.6) is 0 Å². The average molecular weight is 454 g/mol. The number of benzene rings is 2. The summed E-state index contributed by atoms with van der Waals surface area (Å²) in [7, 11) is -3.76. The summed E-state index contributed by atoms with van der Waals surface area (Å²) in [4.78, 5) is 13.3. The lowest BCUT2D eigenvalue weighted by Crippen LogP contribution is -2.41. The Morgan fingerprint density at radius 1 is 1.06 bits per heavy atom. The van der Waals surface area contributed by atoms with Gasteiger partial charge in [-0.15, -0.1) is 5.10 Å². The smallest absolute Gasteiger partial charge is 0.245 e. The highest BCUT2D eigenvalue weighted by molar-refractivity contribution is 7.89. The molecule has 0 bridgehead atoms. The van der Waals surface area contributed by atoms with E-state index in [1.54, 1.807) is 23.0 Å². The van der Waals surface area contributed by atoms with Gasteiger partial charge in [0.2, 0.25) is 15.9 Å². The first-order chi connectivity index (χ1) is 15.4. The Labute approximate surface area is 187 Å². The molecule has 9 heteroatoms. The van der Waals surface area contributed by atoms with Crippen molar-refractivity contribution in [3.63, 3.8) is 0 Å². The van der Waals surface area contributed by atoms with Crippen molar-refractivity contribution in [1.29, 1.82) is 0 Å². The van der Waals surface area contributed by atoms with Crippen LogP contribution >= 0.6 is 0 Å². The summed E-state index contributed by atoms with van der Waals surface area (Å²) in [5, 5.41) is 16.8. The van der Waals surface area contributed by atoms with Gasteiger partial charge in [-0.3, -0.25) is 4.79 Å². The number of nitrogens with two attached hydrogens (primary N) is 1. The molecule has 1 atom stereocenters. The molecule has 168 valence electrons. The number of rotatable bonds is 7. The van der Waals surface area contributed by atoms with Crippen LogP contribution in [0.3, 0.4) is 0 Å². The van der Waals surface area contributed by atoms with Gasteiger partial charge in [0.25, 0.3) is 0 Å². The highest BCUT2D eigenvalue weighted by atomic mass is 32.2. The molecule has 0 spiro atoms. The zero-order valence-corrected chi connectivity index (χ0v) is 18.5. The molecule has 0 radical (unpaired) electrons.